The third kappa shape index (κ3) is 3.99. The lowest BCUT2D eigenvalue weighted by Crippen LogP contribution is -2.14. The molecular formula is C28H24N6O2S. The van der Waals surface area contributed by atoms with Crippen LogP contribution in [0.2, 0.25) is 0 Å². The third-order valence-electron chi connectivity index (χ3n) is 7.03. The molecule has 2 saturated carbocycles. The minimum Gasteiger partial charge on any atom is -0.261 e. The molecule has 2 fully saturated rings. The number of benzene rings is 2. The molecule has 9 heteroatoms. The van der Waals surface area contributed by atoms with Gasteiger partial charge < -0.3 is 0 Å². The molecule has 0 N–H and O–H groups in total. The second kappa shape index (κ2) is 8.27. The van der Waals surface area contributed by atoms with Crippen molar-refractivity contribution in [2.45, 2.75) is 49.3 Å². The predicted molar refractivity (Wildman–Crippen MR) is 139 cm³/mol. The Morgan fingerprint density at radius 2 is 1.41 bits per heavy atom. The van der Waals surface area contributed by atoms with E-state index in [9.17, 15) is 8.42 Å². The fraction of sp³-hybridized carbons (Fsp3) is 0.250. The van der Waals surface area contributed by atoms with Crippen molar-refractivity contribution in [1.29, 1.82) is 0 Å². The lowest BCUT2D eigenvalue weighted by molar-refractivity contribution is 0.582. The maximum absolute atomic E-state index is 13.7. The van der Waals surface area contributed by atoms with Crippen LogP contribution in [0.25, 0.3) is 33.5 Å². The molecular weight excluding hydrogens is 484 g/mol. The van der Waals surface area contributed by atoms with E-state index < -0.39 is 10.0 Å². The highest BCUT2D eigenvalue weighted by atomic mass is 32.2. The van der Waals surface area contributed by atoms with Crippen molar-refractivity contribution in [2.75, 3.05) is 0 Å². The smallest absolute Gasteiger partial charge is 0.261 e. The Kier molecular flexibility index (Phi) is 4.97. The van der Waals surface area contributed by atoms with E-state index in [1.54, 1.807) is 48.9 Å². The third-order valence-corrected chi connectivity index (χ3v) is 8.63. The summed E-state index contributed by atoms with van der Waals surface area (Å²) < 4.78 is 28.5. The van der Waals surface area contributed by atoms with Gasteiger partial charge in [-0.05, 0) is 56.9 Å². The molecule has 3 aromatic heterocycles. The van der Waals surface area contributed by atoms with E-state index in [2.05, 4.69) is 15.1 Å². The summed E-state index contributed by atoms with van der Waals surface area (Å²) in [6, 6.07) is 12.4. The Morgan fingerprint density at radius 3 is 2.05 bits per heavy atom. The standard InChI is InChI=1S/C28H24N6O2S/c1-17-2-9-21(10-3-17)37(35,36)34-27-11-8-20(25-15-29-13-23(31-25)18-4-5-18)12-22(27)28(33-34)26-16-30-14-24(32-26)19-6-7-19/h2-3,8-16,18-19H,4-7H2,1H3. The molecule has 8 nitrogen and oxygen atoms in total. The van der Waals surface area contributed by atoms with Crippen LogP contribution in [0.5, 0.6) is 0 Å². The van der Waals surface area contributed by atoms with Crippen LogP contribution in [0.15, 0.2) is 72.1 Å². The molecule has 0 spiro atoms. The zero-order chi connectivity index (χ0) is 25.1. The molecule has 184 valence electrons. The number of hydrogen-bond donors (Lipinski definition) is 0. The highest BCUT2D eigenvalue weighted by molar-refractivity contribution is 7.90. The van der Waals surface area contributed by atoms with Gasteiger partial charge >= 0.3 is 0 Å². The number of nitrogens with zero attached hydrogens (tertiary/aromatic N) is 6. The summed E-state index contributed by atoms with van der Waals surface area (Å²) >= 11 is 0. The topological polar surface area (TPSA) is 104 Å². The molecule has 0 atom stereocenters. The van der Waals surface area contributed by atoms with Gasteiger partial charge in [0.15, 0.2) is 0 Å². The lowest BCUT2D eigenvalue weighted by atomic mass is 10.1. The molecule has 7 rings (SSSR count). The first kappa shape index (κ1) is 22.2. The predicted octanol–water partition coefficient (Wildman–Crippen LogP) is 5.25. The molecule has 5 aromatic rings. The molecule has 0 aliphatic heterocycles. The van der Waals surface area contributed by atoms with E-state index in [0.717, 1.165) is 58.0 Å². The van der Waals surface area contributed by atoms with Gasteiger partial charge in [0, 0.05) is 35.2 Å². The Bertz CT molecular complexity index is 1770. The number of fused-ring (bicyclic) bond motifs is 1. The average Bonchev–Trinajstić information content (AvgIpc) is 3.85. The van der Waals surface area contributed by atoms with Crippen LogP contribution >= 0.6 is 0 Å². The highest BCUT2D eigenvalue weighted by Crippen LogP contribution is 2.41. The van der Waals surface area contributed by atoms with Crippen molar-refractivity contribution in [3.05, 3.63) is 84.2 Å². The maximum Gasteiger partial charge on any atom is 0.283 e. The van der Waals surface area contributed by atoms with Crippen molar-refractivity contribution in [3.8, 4) is 22.6 Å². The van der Waals surface area contributed by atoms with E-state index in [1.165, 1.54) is 0 Å². The summed E-state index contributed by atoms with van der Waals surface area (Å²) in [5, 5.41) is 5.31. The molecule has 0 bridgehead atoms. The second-order valence-electron chi connectivity index (χ2n) is 9.95. The molecule has 2 aliphatic carbocycles. The molecule has 0 saturated heterocycles. The molecule has 3 heterocycles. The molecule has 2 aromatic carbocycles. The second-order valence-corrected chi connectivity index (χ2v) is 11.7. The van der Waals surface area contributed by atoms with E-state index >= 15 is 0 Å². The summed E-state index contributed by atoms with van der Waals surface area (Å²) in [7, 11) is -3.94. The largest absolute Gasteiger partial charge is 0.283 e. The summed E-state index contributed by atoms with van der Waals surface area (Å²) in [6.45, 7) is 1.92. The van der Waals surface area contributed by atoms with Gasteiger partial charge in [-0.2, -0.15) is 17.6 Å². The molecule has 0 unspecified atom stereocenters. The van der Waals surface area contributed by atoms with Gasteiger partial charge in [0.25, 0.3) is 10.0 Å². The summed E-state index contributed by atoms with van der Waals surface area (Å²) in [5.74, 6) is 0.891. The summed E-state index contributed by atoms with van der Waals surface area (Å²) in [6.07, 6.45) is 11.5. The minimum absolute atomic E-state index is 0.180. The van der Waals surface area contributed by atoms with E-state index in [-0.39, 0.29) is 4.90 Å². The van der Waals surface area contributed by atoms with Crippen LogP contribution in [0, 0.1) is 6.92 Å². The van der Waals surface area contributed by atoms with E-state index in [4.69, 9.17) is 9.97 Å². The van der Waals surface area contributed by atoms with Gasteiger partial charge in [-0.15, -0.1) is 0 Å². The SMILES string of the molecule is Cc1ccc(S(=O)(=O)n2nc(-c3cncc(C4CC4)n3)c3cc(-c4cncc(C5CC5)n4)ccc32)cc1. The summed E-state index contributed by atoms with van der Waals surface area (Å²) in [5.41, 5.74) is 6.02. The number of aryl methyl sites for hydroxylation is 1. The Hall–Kier alpha value is -3.98. The first-order valence-corrected chi connectivity index (χ1v) is 13.9. The average molecular weight is 509 g/mol. The fourth-order valence-corrected chi connectivity index (χ4v) is 5.89. The van der Waals surface area contributed by atoms with Crippen molar-refractivity contribution in [2.24, 2.45) is 0 Å². The monoisotopic (exact) mass is 508 g/mol. The van der Waals surface area contributed by atoms with Gasteiger partial charge in [0.05, 0.1) is 39.9 Å². The number of aromatic nitrogens is 6. The number of hydrogen-bond acceptors (Lipinski definition) is 7. The van der Waals surface area contributed by atoms with E-state index in [0.29, 0.717) is 34.1 Å². The van der Waals surface area contributed by atoms with Crippen molar-refractivity contribution < 1.29 is 8.42 Å². The maximum atomic E-state index is 13.7. The van der Waals surface area contributed by atoms with E-state index in [1.807, 2.05) is 25.3 Å². The van der Waals surface area contributed by atoms with Crippen LogP contribution in [0.1, 0.15) is 54.5 Å². The van der Waals surface area contributed by atoms with Crippen LogP contribution in [-0.4, -0.2) is 37.5 Å². The molecule has 0 amide bonds. The van der Waals surface area contributed by atoms with Crippen LogP contribution in [0.4, 0.5) is 0 Å². The molecule has 2 aliphatic rings. The Morgan fingerprint density at radius 1 is 0.784 bits per heavy atom. The first-order valence-electron chi connectivity index (χ1n) is 12.5. The Balaban J connectivity index is 1.43. The zero-order valence-electron chi connectivity index (χ0n) is 20.2. The minimum atomic E-state index is -3.94. The first-order chi connectivity index (χ1) is 18.0. The normalized spacial score (nSPS) is 15.8. The zero-order valence-corrected chi connectivity index (χ0v) is 21.1. The highest BCUT2D eigenvalue weighted by Gasteiger charge is 2.29. The lowest BCUT2D eigenvalue weighted by Gasteiger charge is -2.07. The Labute approximate surface area is 214 Å². The molecule has 0 radical (unpaired) electrons. The molecule has 37 heavy (non-hydrogen) atoms. The van der Waals surface area contributed by atoms with Crippen LogP contribution in [0.3, 0.4) is 0 Å². The fourth-order valence-electron chi connectivity index (χ4n) is 4.60. The van der Waals surface area contributed by atoms with Crippen molar-refractivity contribution in [1.82, 2.24) is 29.1 Å². The van der Waals surface area contributed by atoms with Crippen LogP contribution < -0.4 is 0 Å². The van der Waals surface area contributed by atoms with Gasteiger partial charge in [0.1, 0.15) is 11.4 Å². The van der Waals surface area contributed by atoms with Gasteiger partial charge in [-0.25, -0.2) is 9.97 Å². The quantitative estimate of drug-likeness (QED) is 0.308. The van der Waals surface area contributed by atoms with Crippen molar-refractivity contribution >= 4 is 20.9 Å². The van der Waals surface area contributed by atoms with Gasteiger partial charge in [0.2, 0.25) is 0 Å². The van der Waals surface area contributed by atoms with Gasteiger partial charge in [-0.3, -0.25) is 9.97 Å². The van der Waals surface area contributed by atoms with Gasteiger partial charge in [-0.1, -0.05) is 23.8 Å². The van der Waals surface area contributed by atoms with Crippen LogP contribution in [-0.2, 0) is 10.0 Å². The number of rotatable bonds is 6. The van der Waals surface area contributed by atoms with Crippen molar-refractivity contribution in [3.63, 3.8) is 0 Å². The summed E-state index contributed by atoms with van der Waals surface area (Å²) in [4.78, 5) is 18.7.